The minimum absolute atomic E-state index is 0.397. The van der Waals surface area contributed by atoms with Gasteiger partial charge in [-0.25, -0.2) is 4.98 Å². The molecular formula is C17H26N4O. The lowest BCUT2D eigenvalue weighted by Crippen LogP contribution is -2.31. The molecule has 0 aliphatic carbocycles. The van der Waals surface area contributed by atoms with Crippen molar-refractivity contribution in [1.82, 2.24) is 20.1 Å². The zero-order chi connectivity index (χ0) is 15.7. The number of aromatic nitrogens is 3. The van der Waals surface area contributed by atoms with E-state index in [0.29, 0.717) is 17.9 Å². The molecule has 3 heterocycles. The van der Waals surface area contributed by atoms with Crippen LogP contribution in [0.15, 0.2) is 12.3 Å². The van der Waals surface area contributed by atoms with Gasteiger partial charge in [0.1, 0.15) is 0 Å². The summed E-state index contributed by atoms with van der Waals surface area (Å²) in [6.45, 7) is 9.27. The lowest BCUT2D eigenvalue weighted by molar-refractivity contribution is 0.0539. The fourth-order valence-corrected chi connectivity index (χ4v) is 3.46. The molecular weight excluding hydrogens is 276 g/mol. The minimum atomic E-state index is 0.397. The van der Waals surface area contributed by atoms with Crippen molar-refractivity contribution in [2.75, 3.05) is 13.2 Å². The molecule has 0 unspecified atom stereocenters. The molecule has 1 aliphatic rings. The quantitative estimate of drug-likeness (QED) is 0.921. The summed E-state index contributed by atoms with van der Waals surface area (Å²) >= 11 is 0. The van der Waals surface area contributed by atoms with Crippen molar-refractivity contribution in [3.63, 3.8) is 0 Å². The van der Waals surface area contributed by atoms with Gasteiger partial charge in [-0.05, 0) is 36.8 Å². The second-order valence-electron chi connectivity index (χ2n) is 6.68. The van der Waals surface area contributed by atoms with Crippen molar-refractivity contribution >= 4 is 11.0 Å². The Kier molecular flexibility index (Phi) is 4.45. The number of rotatable bonds is 5. The molecule has 1 fully saturated rings. The smallest absolute Gasteiger partial charge is 0.157 e. The van der Waals surface area contributed by atoms with E-state index in [-0.39, 0.29) is 0 Å². The predicted molar refractivity (Wildman–Crippen MR) is 87.6 cm³/mol. The van der Waals surface area contributed by atoms with E-state index < -0.39 is 0 Å². The summed E-state index contributed by atoms with van der Waals surface area (Å²) in [6, 6.07) is 2.20. The average molecular weight is 302 g/mol. The number of ether oxygens (including phenoxy) is 1. The number of aryl methyl sites for hydroxylation is 2. The van der Waals surface area contributed by atoms with E-state index >= 15 is 0 Å². The summed E-state index contributed by atoms with van der Waals surface area (Å²) in [4.78, 5) is 4.53. The summed E-state index contributed by atoms with van der Waals surface area (Å²) in [7, 11) is 1.94. The number of fused-ring (bicyclic) bond motifs is 1. The third-order valence-corrected chi connectivity index (χ3v) is 4.58. The first-order valence-electron chi connectivity index (χ1n) is 8.17. The number of pyridine rings is 1. The Morgan fingerprint density at radius 1 is 1.45 bits per heavy atom. The molecule has 1 saturated heterocycles. The third kappa shape index (κ3) is 3.01. The van der Waals surface area contributed by atoms with Crippen LogP contribution in [0.3, 0.4) is 0 Å². The van der Waals surface area contributed by atoms with Gasteiger partial charge in [0.05, 0.1) is 11.8 Å². The van der Waals surface area contributed by atoms with Gasteiger partial charge in [0, 0.05) is 38.3 Å². The van der Waals surface area contributed by atoms with E-state index in [2.05, 4.69) is 35.3 Å². The molecule has 5 nitrogen and oxygen atoms in total. The first-order valence-corrected chi connectivity index (χ1v) is 8.17. The van der Waals surface area contributed by atoms with E-state index in [1.807, 2.05) is 24.9 Å². The van der Waals surface area contributed by atoms with Crippen molar-refractivity contribution in [3.8, 4) is 0 Å². The maximum atomic E-state index is 5.84. The molecule has 5 heteroatoms. The van der Waals surface area contributed by atoms with Gasteiger partial charge < -0.3 is 10.1 Å². The molecule has 0 aromatic carbocycles. The van der Waals surface area contributed by atoms with Crippen LogP contribution < -0.4 is 5.32 Å². The molecule has 0 spiro atoms. The molecule has 0 bridgehead atoms. The molecule has 1 N–H and O–H groups in total. The maximum absolute atomic E-state index is 5.84. The highest BCUT2D eigenvalue weighted by Crippen LogP contribution is 2.26. The fourth-order valence-electron chi connectivity index (χ4n) is 3.46. The van der Waals surface area contributed by atoms with Crippen LogP contribution in [-0.2, 0) is 18.3 Å². The summed E-state index contributed by atoms with van der Waals surface area (Å²) < 4.78 is 7.68. The molecule has 120 valence electrons. The molecule has 0 saturated carbocycles. The third-order valence-electron chi connectivity index (χ3n) is 4.58. The van der Waals surface area contributed by atoms with Gasteiger partial charge in [-0.15, -0.1) is 0 Å². The van der Waals surface area contributed by atoms with Crippen LogP contribution in [0.5, 0.6) is 0 Å². The molecule has 2 atom stereocenters. The fraction of sp³-hybridized carbons (Fsp3) is 0.647. The summed E-state index contributed by atoms with van der Waals surface area (Å²) in [5.41, 5.74) is 3.20. The molecule has 0 amide bonds. The summed E-state index contributed by atoms with van der Waals surface area (Å²) in [6.07, 6.45) is 3.50. The van der Waals surface area contributed by atoms with E-state index in [1.165, 1.54) is 5.56 Å². The first kappa shape index (κ1) is 15.4. The molecule has 0 radical (unpaired) electrons. The van der Waals surface area contributed by atoms with Gasteiger partial charge in [-0.1, -0.05) is 13.8 Å². The molecule has 2 aromatic heterocycles. The average Bonchev–Trinajstić information content (AvgIpc) is 3.05. The highest BCUT2D eigenvalue weighted by Gasteiger charge is 2.30. The number of nitrogens with zero attached hydrogens (tertiary/aromatic N) is 3. The van der Waals surface area contributed by atoms with Crippen LogP contribution in [0.1, 0.15) is 31.5 Å². The van der Waals surface area contributed by atoms with Crippen molar-refractivity contribution in [3.05, 3.63) is 23.5 Å². The van der Waals surface area contributed by atoms with Crippen molar-refractivity contribution in [2.24, 2.45) is 18.9 Å². The lowest BCUT2D eigenvalue weighted by atomic mass is 9.93. The standard InChI is InChI=1S/C17H26N4O/c1-11(2)16-14(5-6-22-16)10-18-8-13-7-15-12(3)20-21(4)17(15)19-9-13/h7,9,11,14,16,18H,5-6,8,10H2,1-4H3/t14-,16-/m1/s1. The van der Waals surface area contributed by atoms with Crippen molar-refractivity contribution in [1.29, 1.82) is 0 Å². The van der Waals surface area contributed by atoms with Gasteiger partial charge in [0.25, 0.3) is 0 Å². The zero-order valence-electron chi connectivity index (χ0n) is 14.0. The van der Waals surface area contributed by atoms with Gasteiger partial charge >= 0.3 is 0 Å². The highest BCUT2D eigenvalue weighted by atomic mass is 16.5. The lowest BCUT2D eigenvalue weighted by Gasteiger charge is -2.22. The van der Waals surface area contributed by atoms with Crippen LogP contribution >= 0.6 is 0 Å². The normalized spacial score (nSPS) is 22.0. The Morgan fingerprint density at radius 2 is 2.27 bits per heavy atom. The van der Waals surface area contributed by atoms with Crippen LogP contribution in [-0.4, -0.2) is 34.0 Å². The molecule has 1 aliphatic heterocycles. The van der Waals surface area contributed by atoms with Crippen LogP contribution in [0.4, 0.5) is 0 Å². The second kappa shape index (κ2) is 6.34. The minimum Gasteiger partial charge on any atom is -0.378 e. The van der Waals surface area contributed by atoms with Gasteiger partial charge in [0.2, 0.25) is 0 Å². The van der Waals surface area contributed by atoms with E-state index in [1.54, 1.807) is 0 Å². The highest BCUT2D eigenvalue weighted by molar-refractivity contribution is 5.78. The number of nitrogens with one attached hydrogen (secondary N) is 1. The topological polar surface area (TPSA) is 52.0 Å². The van der Waals surface area contributed by atoms with Crippen LogP contribution in [0.2, 0.25) is 0 Å². The Labute approximate surface area is 132 Å². The Bertz CT molecular complexity index is 649. The summed E-state index contributed by atoms with van der Waals surface area (Å²) in [5.74, 6) is 1.21. The largest absolute Gasteiger partial charge is 0.378 e. The molecule has 2 aromatic rings. The van der Waals surface area contributed by atoms with Crippen LogP contribution in [0, 0.1) is 18.8 Å². The number of hydrogen-bond donors (Lipinski definition) is 1. The van der Waals surface area contributed by atoms with Gasteiger partial charge in [0.15, 0.2) is 5.65 Å². The predicted octanol–water partition coefficient (Wildman–Crippen LogP) is 2.43. The van der Waals surface area contributed by atoms with E-state index in [9.17, 15) is 0 Å². The van der Waals surface area contributed by atoms with E-state index in [4.69, 9.17) is 4.74 Å². The molecule has 22 heavy (non-hydrogen) atoms. The van der Waals surface area contributed by atoms with Crippen LogP contribution in [0.25, 0.3) is 11.0 Å². The van der Waals surface area contributed by atoms with Gasteiger partial charge in [-0.3, -0.25) is 4.68 Å². The summed E-state index contributed by atoms with van der Waals surface area (Å²) in [5, 5.41) is 9.14. The molecule has 3 rings (SSSR count). The Morgan fingerprint density at radius 3 is 3.05 bits per heavy atom. The Hall–Kier alpha value is -1.46. The van der Waals surface area contributed by atoms with Crippen molar-refractivity contribution < 1.29 is 4.74 Å². The second-order valence-corrected chi connectivity index (χ2v) is 6.68. The number of hydrogen-bond acceptors (Lipinski definition) is 4. The SMILES string of the molecule is Cc1nn(C)c2ncc(CNC[C@H]3CCO[C@@H]3C(C)C)cc12. The van der Waals surface area contributed by atoms with Crippen molar-refractivity contribution in [2.45, 2.75) is 39.8 Å². The first-order chi connectivity index (χ1) is 10.6. The zero-order valence-corrected chi connectivity index (χ0v) is 14.0. The maximum Gasteiger partial charge on any atom is 0.157 e. The monoisotopic (exact) mass is 302 g/mol. The Balaban J connectivity index is 1.61. The van der Waals surface area contributed by atoms with Gasteiger partial charge in [-0.2, -0.15) is 5.10 Å². The van der Waals surface area contributed by atoms with E-state index in [0.717, 1.165) is 42.8 Å².